The summed E-state index contributed by atoms with van der Waals surface area (Å²) in [5, 5.41) is 9.41. The molecule has 0 amide bonds. The average Bonchev–Trinajstić information content (AvgIpc) is 2.59. The highest BCUT2D eigenvalue weighted by atomic mass is 16.5. The fourth-order valence-electron chi connectivity index (χ4n) is 2.23. The quantitative estimate of drug-likeness (QED) is 0.811. The van der Waals surface area contributed by atoms with Gasteiger partial charge in [-0.25, -0.2) is 4.79 Å². The number of hydrogen-bond acceptors (Lipinski definition) is 4. The van der Waals surface area contributed by atoms with Crippen molar-refractivity contribution in [3.8, 4) is 11.5 Å². The number of methoxy groups -OCH3 is 2. The molecule has 0 aliphatic rings. The Hall–Kier alpha value is -2.53. The van der Waals surface area contributed by atoms with Crippen LogP contribution in [0.1, 0.15) is 11.1 Å². The molecule has 1 N–H and O–H groups in total. The molecule has 0 unspecified atom stereocenters. The van der Waals surface area contributed by atoms with E-state index in [0.29, 0.717) is 11.5 Å². The molecular weight excluding hydrogens is 296 g/mol. The maximum Gasteiger partial charge on any atom is 0.333 e. The number of hydrogen-bond donors (Lipinski definition) is 1. The number of carboxylic acid groups (broad SMARTS) is 1. The third-order valence-electron chi connectivity index (χ3n) is 3.46. The monoisotopic (exact) mass is 316 g/mol. The molecule has 5 nitrogen and oxygen atoms in total. The summed E-state index contributed by atoms with van der Waals surface area (Å²) < 4.78 is 16.0. The lowest BCUT2D eigenvalue weighted by Crippen LogP contribution is -2.26. The lowest BCUT2D eigenvalue weighted by Gasteiger charge is -2.16. The van der Waals surface area contributed by atoms with Crippen LogP contribution < -0.4 is 9.47 Å². The minimum absolute atomic E-state index is 0.197. The van der Waals surface area contributed by atoms with E-state index in [4.69, 9.17) is 14.2 Å². The average molecular weight is 316 g/mol. The first-order chi connectivity index (χ1) is 11.1. The Morgan fingerprint density at radius 2 is 1.83 bits per heavy atom. The number of benzene rings is 2. The Bertz CT molecular complexity index is 639. The smallest absolute Gasteiger partial charge is 0.333 e. The van der Waals surface area contributed by atoms with Crippen molar-refractivity contribution in [1.82, 2.24) is 0 Å². The molecule has 0 aliphatic heterocycles. The van der Waals surface area contributed by atoms with Crippen molar-refractivity contribution in [2.75, 3.05) is 14.2 Å². The summed E-state index contributed by atoms with van der Waals surface area (Å²) in [4.78, 5) is 11.5. The standard InChI is InChI=1S/C18H20O5/c1-21-15-8-9-16(22-2)14(10-15)11-17(18(19)20)23-12-13-6-4-3-5-7-13/h3-10,17H,11-12H2,1-2H3,(H,19,20)/t17-/m1/s1. The number of ether oxygens (including phenoxy) is 3. The second-order valence-corrected chi connectivity index (χ2v) is 5.01. The SMILES string of the molecule is COc1ccc(OC)c(C[C@@H](OCc2ccccc2)C(=O)O)c1. The van der Waals surface area contributed by atoms with Crippen molar-refractivity contribution in [3.05, 3.63) is 59.7 Å². The molecule has 122 valence electrons. The molecule has 0 aromatic heterocycles. The summed E-state index contributed by atoms with van der Waals surface area (Å²) in [6, 6.07) is 14.8. The van der Waals surface area contributed by atoms with Crippen LogP contribution in [0.2, 0.25) is 0 Å². The molecule has 2 rings (SSSR count). The van der Waals surface area contributed by atoms with Crippen molar-refractivity contribution < 1.29 is 24.1 Å². The first kappa shape index (κ1) is 16.8. The molecule has 0 aliphatic carbocycles. The lowest BCUT2D eigenvalue weighted by atomic mass is 10.1. The molecule has 0 spiro atoms. The van der Waals surface area contributed by atoms with Gasteiger partial charge in [0.15, 0.2) is 6.10 Å². The highest BCUT2D eigenvalue weighted by molar-refractivity contribution is 5.73. The van der Waals surface area contributed by atoms with Gasteiger partial charge in [0.1, 0.15) is 11.5 Å². The molecule has 0 fully saturated rings. The molecular formula is C18H20O5. The molecule has 23 heavy (non-hydrogen) atoms. The fraction of sp³-hybridized carbons (Fsp3) is 0.278. The zero-order valence-electron chi connectivity index (χ0n) is 13.2. The van der Waals surface area contributed by atoms with Gasteiger partial charge in [0.2, 0.25) is 0 Å². The molecule has 5 heteroatoms. The van der Waals surface area contributed by atoms with Crippen LogP contribution in [0.3, 0.4) is 0 Å². The fourth-order valence-corrected chi connectivity index (χ4v) is 2.23. The summed E-state index contributed by atoms with van der Waals surface area (Å²) in [5.74, 6) is 0.249. The van der Waals surface area contributed by atoms with Gasteiger partial charge in [0, 0.05) is 12.0 Å². The third kappa shape index (κ3) is 4.72. The van der Waals surface area contributed by atoms with Crippen LogP contribution >= 0.6 is 0 Å². The zero-order valence-corrected chi connectivity index (χ0v) is 13.2. The Morgan fingerprint density at radius 3 is 2.43 bits per heavy atom. The zero-order chi connectivity index (χ0) is 16.7. The Balaban J connectivity index is 2.11. The third-order valence-corrected chi connectivity index (χ3v) is 3.46. The topological polar surface area (TPSA) is 65.0 Å². The van der Waals surface area contributed by atoms with Gasteiger partial charge < -0.3 is 19.3 Å². The van der Waals surface area contributed by atoms with E-state index >= 15 is 0 Å². The Kier molecular flexibility index (Phi) is 6.00. The van der Waals surface area contributed by atoms with E-state index in [1.165, 1.54) is 0 Å². The molecule has 0 saturated heterocycles. The van der Waals surface area contributed by atoms with E-state index in [0.717, 1.165) is 11.1 Å². The van der Waals surface area contributed by atoms with Crippen molar-refractivity contribution in [3.63, 3.8) is 0 Å². The minimum atomic E-state index is -1.01. The molecule has 0 bridgehead atoms. The molecule has 1 atom stereocenters. The summed E-state index contributed by atoms with van der Waals surface area (Å²) in [7, 11) is 3.11. The second-order valence-electron chi connectivity index (χ2n) is 5.01. The highest BCUT2D eigenvalue weighted by Crippen LogP contribution is 2.26. The highest BCUT2D eigenvalue weighted by Gasteiger charge is 2.21. The van der Waals surface area contributed by atoms with E-state index in [-0.39, 0.29) is 13.0 Å². The van der Waals surface area contributed by atoms with Gasteiger partial charge in [-0.1, -0.05) is 30.3 Å². The van der Waals surface area contributed by atoms with Crippen molar-refractivity contribution in [1.29, 1.82) is 0 Å². The normalized spacial score (nSPS) is 11.7. The van der Waals surface area contributed by atoms with Crippen molar-refractivity contribution >= 4 is 5.97 Å². The summed E-state index contributed by atoms with van der Waals surface area (Å²) in [6.07, 6.45) is -0.765. The predicted octanol–water partition coefficient (Wildman–Crippen LogP) is 2.92. The maximum absolute atomic E-state index is 11.5. The van der Waals surface area contributed by atoms with E-state index < -0.39 is 12.1 Å². The van der Waals surface area contributed by atoms with Crippen LogP contribution in [0.25, 0.3) is 0 Å². The largest absolute Gasteiger partial charge is 0.497 e. The number of rotatable bonds is 8. The Labute approximate surface area is 135 Å². The van der Waals surface area contributed by atoms with Gasteiger partial charge in [-0.05, 0) is 23.8 Å². The lowest BCUT2D eigenvalue weighted by molar-refractivity contribution is -0.151. The van der Waals surface area contributed by atoms with Gasteiger partial charge in [0.25, 0.3) is 0 Å². The van der Waals surface area contributed by atoms with Gasteiger partial charge in [-0.15, -0.1) is 0 Å². The number of carbonyl (C=O) groups is 1. The predicted molar refractivity (Wildman–Crippen MR) is 85.9 cm³/mol. The Morgan fingerprint density at radius 1 is 1.09 bits per heavy atom. The maximum atomic E-state index is 11.5. The van der Waals surface area contributed by atoms with E-state index in [2.05, 4.69) is 0 Å². The number of aliphatic carboxylic acids is 1. The molecule has 0 heterocycles. The first-order valence-corrected chi connectivity index (χ1v) is 7.23. The van der Waals surface area contributed by atoms with Crippen LogP contribution in [0.15, 0.2) is 48.5 Å². The van der Waals surface area contributed by atoms with Crippen molar-refractivity contribution in [2.24, 2.45) is 0 Å². The van der Waals surface area contributed by atoms with Crippen LogP contribution in [0.4, 0.5) is 0 Å². The molecule has 0 radical (unpaired) electrons. The van der Waals surface area contributed by atoms with Gasteiger partial charge in [0.05, 0.1) is 20.8 Å². The van der Waals surface area contributed by atoms with E-state index in [1.807, 2.05) is 30.3 Å². The summed E-state index contributed by atoms with van der Waals surface area (Å²) in [5.41, 5.74) is 1.66. The van der Waals surface area contributed by atoms with Gasteiger partial charge >= 0.3 is 5.97 Å². The van der Waals surface area contributed by atoms with Crippen LogP contribution in [-0.4, -0.2) is 31.4 Å². The summed E-state index contributed by atoms with van der Waals surface area (Å²) in [6.45, 7) is 0.240. The minimum Gasteiger partial charge on any atom is -0.497 e. The molecule has 0 saturated carbocycles. The second kappa shape index (κ2) is 8.19. The summed E-state index contributed by atoms with van der Waals surface area (Å²) >= 11 is 0. The van der Waals surface area contributed by atoms with Crippen LogP contribution in [0.5, 0.6) is 11.5 Å². The first-order valence-electron chi connectivity index (χ1n) is 7.23. The van der Waals surface area contributed by atoms with Crippen LogP contribution in [0, 0.1) is 0 Å². The number of carboxylic acids is 1. The van der Waals surface area contributed by atoms with Crippen LogP contribution in [-0.2, 0) is 22.6 Å². The van der Waals surface area contributed by atoms with E-state index in [9.17, 15) is 9.90 Å². The van der Waals surface area contributed by atoms with E-state index in [1.54, 1.807) is 32.4 Å². The molecule has 2 aromatic carbocycles. The molecule has 2 aromatic rings. The van der Waals surface area contributed by atoms with Crippen molar-refractivity contribution in [2.45, 2.75) is 19.1 Å². The van der Waals surface area contributed by atoms with Gasteiger partial charge in [-0.2, -0.15) is 0 Å². The van der Waals surface area contributed by atoms with Gasteiger partial charge in [-0.3, -0.25) is 0 Å².